The molecule has 23 heavy (non-hydrogen) atoms. The summed E-state index contributed by atoms with van der Waals surface area (Å²) in [6.45, 7) is 1.97. The average molecular weight is 310 g/mol. The van der Waals surface area contributed by atoms with E-state index in [4.69, 9.17) is 4.74 Å². The van der Waals surface area contributed by atoms with Crippen LogP contribution in [0.4, 0.5) is 4.39 Å². The largest absolute Gasteiger partial charge is 0.494 e. The molecule has 0 spiro atoms. The lowest BCUT2D eigenvalue weighted by molar-refractivity contribution is -0.115. The van der Waals surface area contributed by atoms with E-state index in [1.807, 2.05) is 31.2 Å². The predicted molar refractivity (Wildman–Crippen MR) is 86.8 cm³/mol. The molecule has 2 aromatic carbocycles. The molecular formula is C18H15FN2O2. The third kappa shape index (κ3) is 3.13. The van der Waals surface area contributed by atoms with Crippen LogP contribution in [0.5, 0.6) is 5.75 Å². The summed E-state index contributed by atoms with van der Waals surface area (Å²) in [7, 11) is 1.40. The van der Waals surface area contributed by atoms with E-state index in [2.05, 4.69) is 10.3 Å². The number of amidine groups is 1. The van der Waals surface area contributed by atoms with Gasteiger partial charge in [0.25, 0.3) is 5.91 Å². The SMILES string of the molecule is COc1ccc(/C=C2/N=C(c3cccc(C)c3)NC2=O)cc1F. The lowest BCUT2D eigenvalue weighted by Gasteiger charge is -2.02. The summed E-state index contributed by atoms with van der Waals surface area (Å²) in [6, 6.07) is 12.2. The Hall–Kier alpha value is -2.95. The van der Waals surface area contributed by atoms with Gasteiger partial charge in [-0.15, -0.1) is 0 Å². The van der Waals surface area contributed by atoms with E-state index >= 15 is 0 Å². The van der Waals surface area contributed by atoms with Crippen molar-refractivity contribution in [2.45, 2.75) is 6.92 Å². The molecular weight excluding hydrogens is 295 g/mol. The van der Waals surface area contributed by atoms with E-state index in [1.165, 1.54) is 19.2 Å². The van der Waals surface area contributed by atoms with Gasteiger partial charge < -0.3 is 10.1 Å². The van der Waals surface area contributed by atoms with Crippen LogP contribution in [0.1, 0.15) is 16.7 Å². The van der Waals surface area contributed by atoms with Crippen LogP contribution in [-0.4, -0.2) is 18.9 Å². The van der Waals surface area contributed by atoms with Crippen molar-refractivity contribution in [2.75, 3.05) is 7.11 Å². The Bertz CT molecular complexity index is 841. The van der Waals surface area contributed by atoms with Gasteiger partial charge in [0.1, 0.15) is 11.5 Å². The number of rotatable bonds is 3. The van der Waals surface area contributed by atoms with Gasteiger partial charge in [-0.25, -0.2) is 9.38 Å². The normalized spacial score (nSPS) is 15.5. The van der Waals surface area contributed by atoms with E-state index in [0.29, 0.717) is 11.4 Å². The maximum Gasteiger partial charge on any atom is 0.275 e. The number of ether oxygens (including phenoxy) is 1. The van der Waals surface area contributed by atoms with E-state index in [-0.39, 0.29) is 17.4 Å². The summed E-state index contributed by atoms with van der Waals surface area (Å²) in [5, 5.41) is 2.73. The fourth-order valence-corrected chi connectivity index (χ4v) is 2.33. The molecule has 0 bridgehead atoms. The Labute approximate surface area is 133 Å². The molecule has 0 unspecified atom stereocenters. The zero-order valence-corrected chi connectivity index (χ0v) is 12.8. The molecule has 0 atom stereocenters. The molecule has 1 aliphatic heterocycles. The lowest BCUT2D eigenvalue weighted by Crippen LogP contribution is -2.24. The Morgan fingerprint density at radius 3 is 2.74 bits per heavy atom. The number of hydrogen-bond donors (Lipinski definition) is 1. The van der Waals surface area contributed by atoms with Crippen molar-refractivity contribution in [1.82, 2.24) is 5.32 Å². The molecule has 1 N–H and O–H groups in total. The molecule has 1 amide bonds. The van der Waals surface area contributed by atoms with Crippen LogP contribution in [0, 0.1) is 12.7 Å². The summed E-state index contributed by atoms with van der Waals surface area (Å²) in [6.07, 6.45) is 1.54. The second kappa shape index (κ2) is 6.04. The monoisotopic (exact) mass is 310 g/mol. The van der Waals surface area contributed by atoms with E-state index in [0.717, 1.165) is 11.1 Å². The minimum absolute atomic E-state index is 0.159. The highest BCUT2D eigenvalue weighted by atomic mass is 19.1. The molecule has 3 rings (SSSR count). The number of benzene rings is 2. The zero-order chi connectivity index (χ0) is 16.4. The number of aliphatic imine (C=N–C) groups is 1. The van der Waals surface area contributed by atoms with E-state index in [1.54, 1.807) is 12.1 Å². The van der Waals surface area contributed by atoms with Crippen molar-refractivity contribution in [3.05, 3.63) is 70.7 Å². The highest BCUT2D eigenvalue weighted by Gasteiger charge is 2.21. The summed E-state index contributed by atoms with van der Waals surface area (Å²) in [5.74, 6) is -0.133. The second-order valence-corrected chi connectivity index (χ2v) is 5.21. The van der Waals surface area contributed by atoms with Crippen molar-refractivity contribution >= 4 is 17.8 Å². The number of nitrogens with zero attached hydrogens (tertiary/aromatic N) is 1. The molecule has 0 aromatic heterocycles. The predicted octanol–water partition coefficient (Wildman–Crippen LogP) is 3.06. The van der Waals surface area contributed by atoms with Crippen LogP contribution in [0.3, 0.4) is 0 Å². The van der Waals surface area contributed by atoms with Crippen molar-refractivity contribution < 1.29 is 13.9 Å². The lowest BCUT2D eigenvalue weighted by atomic mass is 10.1. The van der Waals surface area contributed by atoms with Gasteiger partial charge in [0.2, 0.25) is 0 Å². The maximum absolute atomic E-state index is 13.7. The fourth-order valence-electron chi connectivity index (χ4n) is 2.33. The molecule has 0 aliphatic carbocycles. The molecule has 116 valence electrons. The van der Waals surface area contributed by atoms with Gasteiger partial charge in [-0.05, 0) is 36.8 Å². The van der Waals surface area contributed by atoms with Gasteiger partial charge in [-0.1, -0.05) is 29.8 Å². The Morgan fingerprint density at radius 1 is 1.22 bits per heavy atom. The van der Waals surface area contributed by atoms with Crippen LogP contribution in [0.25, 0.3) is 6.08 Å². The quantitative estimate of drug-likeness (QED) is 0.886. The molecule has 4 nitrogen and oxygen atoms in total. The van der Waals surface area contributed by atoms with Gasteiger partial charge in [-0.3, -0.25) is 4.79 Å². The number of hydrogen-bond acceptors (Lipinski definition) is 3. The zero-order valence-electron chi connectivity index (χ0n) is 12.8. The van der Waals surface area contributed by atoms with Crippen LogP contribution in [-0.2, 0) is 4.79 Å². The molecule has 5 heteroatoms. The summed E-state index contributed by atoms with van der Waals surface area (Å²) >= 11 is 0. The van der Waals surface area contributed by atoms with Gasteiger partial charge in [0.05, 0.1) is 7.11 Å². The molecule has 0 fully saturated rings. The van der Waals surface area contributed by atoms with E-state index in [9.17, 15) is 9.18 Å². The number of methoxy groups -OCH3 is 1. The highest BCUT2D eigenvalue weighted by molar-refractivity contribution is 6.19. The minimum Gasteiger partial charge on any atom is -0.494 e. The fraction of sp³-hybridized carbons (Fsp3) is 0.111. The topological polar surface area (TPSA) is 50.7 Å². The first-order chi connectivity index (χ1) is 11.1. The summed E-state index contributed by atoms with van der Waals surface area (Å²) in [5.41, 5.74) is 2.70. The van der Waals surface area contributed by atoms with Crippen molar-refractivity contribution in [1.29, 1.82) is 0 Å². The highest BCUT2D eigenvalue weighted by Crippen LogP contribution is 2.21. The van der Waals surface area contributed by atoms with Crippen molar-refractivity contribution in [3.8, 4) is 5.75 Å². The molecule has 2 aromatic rings. The minimum atomic E-state index is -0.483. The number of amides is 1. The number of carbonyl (C=O) groups is 1. The van der Waals surface area contributed by atoms with Crippen LogP contribution in [0.2, 0.25) is 0 Å². The first kappa shape index (κ1) is 15.0. The maximum atomic E-state index is 13.7. The van der Waals surface area contributed by atoms with Gasteiger partial charge >= 0.3 is 0 Å². The third-order valence-corrected chi connectivity index (χ3v) is 3.47. The Morgan fingerprint density at radius 2 is 2.04 bits per heavy atom. The van der Waals surface area contributed by atoms with E-state index < -0.39 is 5.82 Å². The molecule has 1 aliphatic rings. The molecule has 1 heterocycles. The molecule has 0 saturated carbocycles. The standard InChI is InChI=1S/C18H15FN2O2/c1-11-4-3-5-13(8-11)17-20-15(18(22)21-17)10-12-6-7-16(23-2)14(19)9-12/h3-10H,1-2H3,(H,20,21,22)/b15-10+. The average Bonchev–Trinajstić information content (AvgIpc) is 2.89. The Kier molecular flexibility index (Phi) is 3.93. The van der Waals surface area contributed by atoms with Crippen LogP contribution in [0.15, 0.2) is 53.2 Å². The van der Waals surface area contributed by atoms with Crippen molar-refractivity contribution in [2.24, 2.45) is 4.99 Å². The van der Waals surface area contributed by atoms with Gasteiger partial charge in [0.15, 0.2) is 11.6 Å². The van der Waals surface area contributed by atoms with Crippen LogP contribution < -0.4 is 10.1 Å². The second-order valence-electron chi connectivity index (χ2n) is 5.21. The molecule has 0 saturated heterocycles. The third-order valence-electron chi connectivity index (χ3n) is 3.47. The number of nitrogens with one attached hydrogen (secondary N) is 1. The summed E-state index contributed by atoms with van der Waals surface area (Å²) in [4.78, 5) is 16.4. The first-order valence-corrected chi connectivity index (χ1v) is 7.09. The smallest absolute Gasteiger partial charge is 0.275 e. The summed E-state index contributed by atoms with van der Waals surface area (Å²) < 4.78 is 18.6. The van der Waals surface area contributed by atoms with Crippen LogP contribution >= 0.6 is 0 Å². The van der Waals surface area contributed by atoms with Gasteiger partial charge in [-0.2, -0.15) is 0 Å². The number of aryl methyl sites for hydroxylation is 1. The van der Waals surface area contributed by atoms with Gasteiger partial charge in [0, 0.05) is 5.56 Å². The number of halogens is 1. The first-order valence-electron chi connectivity index (χ1n) is 7.09. The Balaban J connectivity index is 1.93. The number of carbonyl (C=O) groups excluding carboxylic acids is 1. The van der Waals surface area contributed by atoms with Crippen molar-refractivity contribution in [3.63, 3.8) is 0 Å². The molecule has 0 radical (unpaired) electrons.